The summed E-state index contributed by atoms with van der Waals surface area (Å²) in [5.41, 5.74) is 2.87. The van der Waals surface area contributed by atoms with Crippen LogP contribution in [0.4, 0.5) is 4.39 Å². The largest absolute Gasteiger partial charge is 0.384 e. The molecule has 120 valence electrons. The van der Waals surface area contributed by atoms with Crippen LogP contribution in [0.3, 0.4) is 0 Å². The molecule has 0 aliphatic rings. The Hall–Kier alpha value is -3.22. The number of aromatic nitrogens is 4. The van der Waals surface area contributed by atoms with Crippen molar-refractivity contribution in [3.8, 4) is 22.8 Å². The van der Waals surface area contributed by atoms with E-state index < -0.39 is 0 Å². The third kappa shape index (κ3) is 2.21. The van der Waals surface area contributed by atoms with Gasteiger partial charge in [0, 0.05) is 12.0 Å². The van der Waals surface area contributed by atoms with Crippen molar-refractivity contribution in [2.45, 2.75) is 0 Å². The molecule has 0 unspecified atom stereocenters. The van der Waals surface area contributed by atoms with Crippen molar-refractivity contribution in [3.63, 3.8) is 0 Å². The van der Waals surface area contributed by atoms with Gasteiger partial charge in [-0.2, -0.15) is 0 Å². The average Bonchev–Trinajstić information content (AvgIpc) is 3.08. The summed E-state index contributed by atoms with van der Waals surface area (Å²) in [6.45, 7) is 0. The van der Waals surface area contributed by atoms with E-state index in [-0.39, 0.29) is 11.5 Å². The lowest BCUT2D eigenvalue weighted by molar-refractivity contribution is -0.835. The number of hydrogen-bond donors (Lipinski definition) is 1. The molecule has 2 aromatic heterocycles. The molecule has 0 bridgehead atoms. The summed E-state index contributed by atoms with van der Waals surface area (Å²) >= 11 is 0. The summed E-state index contributed by atoms with van der Waals surface area (Å²) < 4.78 is 21.8. The second kappa shape index (κ2) is 5.16. The third-order valence-corrected chi connectivity index (χ3v) is 3.98. The van der Waals surface area contributed by atoms with Crippen molar-refractivity contribution in [2.24, 2.45) is 14.1 Å². The zero-order chi connectivity index (χ0) is 16.8. The van der Waals surface area contributed by atoms with Crippen molar-refractivity contribution >= 4 is 11.0 Å². The molecule has 0 fully saturated rings. The van der Waals surface area contributed by atoms with Gasteiger partial charge in [-0.15, -0.1) is 0 Å². The van der Waals surface area contributed by atoms with Crippen molar-refractivity contribution in [2.75, 3.05) is 0 Å². The number of aromatic amines is 1. The second-order valence-corrected chi connectivity index (χ2v) is 5.56. The van der Waals surface area contributed by atoms with E-state index in [0.29, 0.717) is 17.3 Å². The van der Waals surface area contributed by atoms with Crippen LogP contribution in [-0.4, -0.2) is 14.5 Å². The van der Waals surface area contributed by atoms with Gasteiger partial charge in [0.2, 0.25) is 0 Å². The summed E-state index contributed by atoms with van der Waals surface area (Å²) in [6.07, 6.45) is 0. The Morgan fingerprint density at radius 2 is 1.88 bits per heavy atom. The highest BCUT2D eigenvalue weighted by Gasteiger charge is 2.23. The first-order chi connectivity index (χ1) is 11.5. The van der Waals surface area contributed by atoms with E-state index in [2.05, 4.69) is 9.97 Å². The normalized spacial score (nSPS) is 11.3. The number of fused-ring (bicyclic) bond motifs is 1. The summed E-state index contributed by atoms with van der Waals surface area (Å²) in [4.78, 5) is 19.0. The first-order valence-electron chi connectivity index (χ1n) is 7.35. The van der Waals surface area contributed by atoms with Crippen LogP contribution in [0.5, 0.6) is 0 Å². The van der Waals surface area contributed by atoms with Gasteiger partial charge >= 0.3 is 17.4 Å². The molecule has 2 aromatic carbocycles. The molecule has 0 spiro atoms. The highest BCUT2D eigenvalue weighted by Crippen LogP contribution is 2.23. The fourth-order valence-electron chi connectivity index (χ4n) is 2.69. The Balaban J connectivity index is 1.82. The number of nitrogens with one attached hydrogen (secondary N) is 1. The molecule has 2 heterocycles. The summed E-state index contributed by atoms with van der Waals surface area (Å²) in [5.74, 6) is 0.698. The maximum absolute atomic E-state index is 13.0. The number of halogens is 1. The predicted molar refractivity (Wildman–Crippen MR) is 85.6 cm³/mol. The smallest absolute Gasteiger partial charge is 0.306 e. The first-order valence-corrected chi connectivity index (χ1v) is 7.35. The quantitative estimate of drug-likeness (QED) is 0.574. The van der Waals surface area contributed by atoms with E-state index in [9.17, 15) is 9.18 Å². The molecular formula is C17H14FN4O2+. The van der Waals surface area contributed by atoms with Crippen LogP contribution >= 0.6 is 0 Å². The highest BCUT2D eigenvalue weighted by molar-refractivity contribution is 5.80. The zero-order valence-electron chi connectivity index (χ0n) is 13.1. The van der Waals surface area contributed by atoms with E-state index in [1.807, 2.05) is 18.2 Å². The highest BCUT2D eigenvalue weighted by atomic mass is 19.1. The maximum Gasteiger partial charge on any atom is 0.384 e. The van der Waals surface area contributed by atoms with Gasteiger partial charge in [0.25, 0.3) is 0 Å². The first kappa shape index (κ1) is 14.4. The van der Waals surface area contributed by atoms with Crippen LogP contribution in [0, 0.1) is 5.82 Å². The minimum Gasteiger partial charge on any atom is -0.306 e. The van der Waals surface area contributed by atoms with Crippen LogP contribution in [0.2, 0.25) is 0 Å². The van der Waals surface area contributed by atoms with E-state index >= 15 is 0 Å². The standard InChI is InChI=1S/C17H13FN4O2/c1-21-14-8-5-11(9-13(14)19-17(21)23)15-20-16(24-22(15)2)10-3-6-12(18)7-4-10/h3-9H,1-2H3/p+1. The molecule has 4 aromatic rings. The van der Waals surface area contributed by atoms with Crippen LogP contribution in [0.25, 0.3) is 33.9 Å². The fourth-order valence-corrected chi connectivity index (χ4v) is 2.69. The van der Waals surface area contributed by atoms with Gasteiger partial charge in [-0.3, -0.25) is 9.09 Å². The van der Waals surface area contributed by atoms with Crippen molar-refractivity contribution in [1.29, 1.82) is 0 Å². The van der Waals surface area contributed by atoms with Crippen LogP contribution in [-0.2, 0) is 14.1 Å². The maximum atomic E-state index is 13.0. The lowest BCUT2D eigenvalue weighted by Crippen LogP contribution is -2.27. The average molecular weight is 325 g/mol. The van der Waals surface area contributed by atoms with E-state index in [0.717, 1.165) is 16.6 Å². The van der Waals surface area contributed by atoms with Gasteiger partial charge in [0.05, 0.1) is 22.2 Å². The Labute approximate surface area is 135 Å². The molecule has 24 heavy (non-hydrogen) atoms. The third-order valence-electron chi connectivity index (χ3n) is 3.98. The lowest BCUT2D eigenvalue weighted by Gasteiger charge is -1.95. The number of rotatable bonds is 2. The summed E-state index contributed by atoms with van der Waals surface area (Å²) in [6, 6.07) is 11.5. The number of benzene rings is 2. The molecule has 0 radical (unpaired) electrons. The van der Waals surface area contributed by atoms with Crippen molar-refractivity contribution < 1.29 is 13.7 Å². The van der Waals surface area contributed by atoms with Gasteiger partial charge in [0.1, 0.15) is 12.9 Å². The Bertz CT molecular complexity index is 1110. The molecular weight excluding hydrogens is 311 g/mol. The molecule has 0 amide bonds. The zero-order valence-corrected chi connectivity index (χ0v) is 13.1. The van der Waals surface area contributed by atoms with E-state index in [1.165, 1.54) is 12.1 Å². The Morgan fingerprint density at radius 3 is 2.62 bits per heavy atom. The number of H-pyrrole nitrogens is 1. The van der Waals surface area contributed by atoms with Gasteiger partial charge in [-0.1, -0.05) is 4.74 Å². The predicted octanol–water partition coefficient (Wildman–Crippen LogP) is 2.15. The molecule has 0 saturated carbocycles. The van der Waals surface area contributed by atoms with Gasteiger partial charge in [0.15, 0.2) is 0 Å². The van der Waals surface area contributed by atoms with E-state index in [1.54, 1.807) is 35.5 Å². The summed E-state index contributed by atoms with van der Waals surface area (Å²) in [5, 5.41) is 0. The number of imidazole rings is 1. The number of nitrogens with zero attached hydrogens (tertiary/aromatic N) is 3. The Morgan fingerprint density at radius 1 is 1.17 bits per heavy atom. The number of hydrogen-bond acceptors (Lipinski definition) is 3. The van der Waals surface area contributed by atoms with E-state index in [4.69, 9.17) is 4.52 Å². The Kier molecular flexibility index (Phi) is 3.09. The van der Waals surface area contributed by atoms with Gasteiger partial charge in [-0.25, -0.2) is 9.18 Å². The summed E-state index contributed by atoms with van der Waals surface area (Å²) in [7, 11) is 3.46. The minimum atomic E-state index is -0.312. The topological polar surface area (TPSA) is 67.7 Å². The van der Waals surface area contributed by atoms with Crippen LogP contribution in [0.15, 0.2) is 51.8 Å². The fraction of sp³-hybridized carbons (Fsp3) is 0.118. The van der Waals surface area contributed by atoms with Crippen molar-refractivity contribution in [3.05, 3.63) is 58.8 Å². The monoisotopic (exact) mass is 325 g/mol. The molecule has 1 N–H and O–H groups in total. The lowest BCUT2D eigenvalue weighted by atomic mass is 10.2. The molecule has 4 rings (SSSR count). The van der Waals surface area contributed by atoms with Crippen LogP contribution in [0.1, 0.15) is 0 Å². The molecule has 0 aliphatic carbocycles. The molecule has 0 saturated heterocycles. The number of aryl methyl sites for hydroxylation is 2. The second-order valence-electron chi connectivity index (χ2n) is 5.56. The van der Waals surface area contributed by atoms with Crippen molar-refractivity contribution in [1.82, 2.24) is 14.5 Å². The molecule has 6 nitrogen and oxygen atoms in total. The van der Waals surface area contributed by atoms with Gasteiger partial charge < -0.3 is 4.98 Å². The SMILES string of the molecule is Cn1c(=O)[nH]c2cc(-c3nc(-c4ccc(F)cc4)o[n+]3C)ccc21. The molecule has 0 atom stereocenters. The molecule has 7 heteroatoms. The van der Waals surface area contributed by atoms with Gasteiger partial charge in [-0.05, 0) is 42.5 Å². The molecule has 0 aliphatic heterocycles. The minimum absolute atomic E-state index is 0.168. The van der Waals surface area contributed by atoms with Crippen LogP contribution < -0.4 is 10.4 Å².